The molecule has 3 rings (SSSR count). The summed E-state index contributed by atoms with van der Waals surface area (Å²) < 4.78 is 28.1. The van der Waals surface area contributed by atoms with Crippen LogP contribution in [0.1, 0.15) is 5.56 Å². The van der Waals surface area contributed by atoms with E-state index in [1.54, 1.807) is 24.3 Å². The molecular formula is C23H24N4O7S. The maximum atomic E-state index is 13.0. The van der Waals surface area contributed by atoms with E-state index in [-0.39, 0.29) is 17.0 Å². The number of rotatable bonds is 10. The molecule has 3 aromatic carbocycles. The van der Waals surface area contributed by atoms with E-state index in [1.807, 2.05) is 25.1 Å². The zero-order chi connectivity index (χ0) is 25.8. The van der Waals surface area contributed by atoms with E-state index >= 15 is 0 Å². The summed E-state index contributed by atoms with van der Waals surface area (Å²) in [4.78, 5) is 36.0. The first-order chi connectivity index (χ1) is 16.5. The van der Waals surface area contributed by atoms with E-state index in [0.717, 1.165) is 11.1 Å². The van der Waals surface area contributed by atoms with Crippen LogP contribution in [0.2, 0.25) is 0 Å². The molecule has 1 amide bonds. The lowest BCUT2D eigenvalue weighted by molar-refractivity contribution is -0.384. The van der Waals surface area contributed by atoms with Crippen LogP contribution in [0.4, 0.5) is 11.4 Å². The fourth-order valence-electron chi connectivity index (χ4n) is 3.56. The minimum absolute atomic E-state index is 0.00726. The van der Waals surface area contributed by atoms with Crippen molar-refractivity contribution in [2.75, 3.05) is 25.5 Å². The average molecular weight is 501 g/mol. The smallest absolute Gasteiger partial charge is 0.326 e. The van der Waals surface area contributed by atoms with Crippen LogP contribution in [0, 0.1) is 10.1 Å². The van der Waals surface area contributed by atoms with Gasteiger partial charge in [-0.3, -0.25) is 14.9 Å². The Morgan fingerprint density at radius 1 is 1.03 bits per heavy atom. The SMILES string of the molecule is CN(C)c1cccc2c(S(=O)(=O)NCC(=O)N[C@@H](Cc3ccc([N+](=O)[O-])cc3)C(=O)O)cccc12. The van der Waals surface area contributed by atoms with Gasteiger partial charge in [-0.1, -0.05) is 36.4 Å². The summed E-state index contributed by atoms with van der Waals surface area (Å²) in [6.07, 6.45) is -0.136. The highest BCUT2D eigenvalue weighted by molar-refractivity contribution is 7.89. The molecule has 35 heavy (non-hydrogen) atoms. The molecule has 0 radical (unpaired) electrons. The Kier molecular flexibility index (Phi) is 7.67. The highest BCUT2D eigenvalue weighted by atomic mass is 32.2. The second-order valence-corrected chi connectivity index (χ2v) is 9.67. The molecule has 0 bridgehead atoms. The van der Waals surface area contributed by atoms with E-state index in [0.29, 0.717) is 10.9 Å². The first kappa shape index (κ1) is 25.6. The number of nitrogens with one attached hydrogen (secondary N) is 2. The van der Waals surface area contributed by atoms with Crippen molar-refractivity contribution in [3.05, 3.63) is 76.3 Å². The number of carboxylic acid groups (broad SMARTS) is 1. The van der Waals surface area contributed by atoms with E-state index in [1.165, 1.54) is 30.3 Å². The number of carbonyl (C=O) groups excluding carboxylic acids is 1. The number of hydrogen-bond acceptors (Lipinski definition) is 7. The lowest BCUT2D eigenvalue weighted by atomic mass is 10.1. The van der Waals surface area contributed by atoms with Gasteiger partial charge >= 0.3 is 5.97 Å². The lowest BCUT2D eigenvalue weighted by Crippen LogP contribution is -2.46. The van der Waals surface area contributed by atoms with Crippen molar-refractivity contribution >= 4 is 44.0 Å². The highest BCUT2D eigenvalue weighted by Gasteiger charge is 2.23. The van der Waals surface area contributed by atoms with Crippen LogP contribution in [0.5, 0.6) is 0 Å². The van der Waals surface area contributed by atoms with Gasteiger partial charge in [-0.2, -0.15) is 0 Å². The Labute approximate surface area is 201 Å². The maximum Gasteiger partial charge on any atom is 0.326 e. The number of aliphatic carboxylic acids is 1. The quantitative estimate of drug-likeness (QED) is 0.281. The molecule has 0 spiro atoms. The number of benzene rings is 3. The molecule has 3 N–H and O–H groups in total. The Bertz CT molecular complexity index is 1370. The van der Waals surface area contributed by atoms with Crippen molar-refractivity contribution < 1.29 is 28.0 Å². The largest absolute Gasteiger partial charge is 0.480 e. The Hall–Kier alpha value is -4.03. The van der Waals surface area contributed by atoms with Crippen LogP contribution in [0.3, 0.4) is 0 Å². The molecule has 0 aliphatic heterocycles. The Morgan fingerprint density at radius 2 is 1.66 bits per heavy atom. The molecule has 184 valence electrons. The molecule has 0 heterocycles. The van der Waals surface area contributed by atoms with Crippen molar-refractivity contribution in [2.24, 2.45) is 0 Å². The van der Waals surface area contributed by atoms with Crippen LogP contribution in [-0.2, 0) is 26.0 Å². The second kappa shape index (κ2) is 10.5. The van der Waals surface area contributed by atoms with Gasteiger partial charge in [0.1, 0.15) is 6.04 Å². The molecule has 0 fully saturated rings. The standard InChI is InChI=1S/C23H24N4O7S/c1-26(2)20-7-3-6-18-17(20)5-4-8-21(18)35(33,34)24-14-22(28)25-19(23(29)30)13-15-9-11-16(12-10-15)27(31)32/h3-12,19,24H,13-14H2,1-2H3,(H,25,28)(H,29,30)/t19-/m0/s1. The van der Waals surface area contributed by atoms with Crippen molar-refractivity contribution in [1.82, 2.24) is 10.0 Å². The fraction of sp³-hybridized carbons (Fsp3) is 0.217. The summed E-state index contributed by atoms with van der Waals surface area (Å²) in [5.41, 5.74) is 1.13. The molecule has 0 aliphatic carbocycles. The van der Waals surface area contributed by atoms with Crippen LogP contribution in [0.15, 0.2) is 65.6 Å². The van der Waals surface area contributed by atoms with Gasteiger partial charge in [-0.05, 0) is 17.7 Å². The van der Waals surface area contributed by atoms with Gasteiger partial charge in [0.05, 0.1) is 16.4 Å². The Morgan fingerprint density at radius 3 is 2.26 bits per heavy atom. The van der Waals surface area contributed by atoms with Gasteiger partial charge in [-0.15, -0.1) is 0 Å². The minimum atomic E-state index is -4.09. The molecule has 0 unspecified atom stereocenters. The summed E-state index contributed by atoms with van der Waals surface area (Å²) in [5.74, 6) is -2.16. The Balaban J connectivity index is 1.71. The predicted octanol–water partition coefficient (Wildman–Crippen LogP) is 1.90. The number of nitro benzene ring substituents is 1. The number of anilines is 1. The van der Waals surface area contributed by atoms with E-state index in [4.69, 9.17) is 0 Å². The number of non-ortho nitro benzene ring substituents is 1. The van der Waals surface area contributed by atoms with E-state index in [9.17, 15) is 33.2 Å². The third-order valence-electron chi connectivity index (χ3n) is 5.27. The van der Waals surface area contributed by atoms with Crippen LogP contribution >= 0.6 is 0 Å². The second-order valence-electron chi connectivity index (χ2n) is 7.93. The summed E-state index contributed by atoms with van der Waals surface area (Å²) >= 11 is 0. The number of nitrogens with zero attached hydrogens (tertiary/aromatic N) is 2. The van der Waals surface area contributed by atoms with E-state index < -0.39 is 39.4 Å². The highest BCUT2D eigenvalue weighted by Crippen LogP contribution is 2.30. The number of hydrogen-bond donors (Lipinski definition) is 3. The number of fused-ring (bicyclic) bond motifs is 1. The number of carbonyl (C=O) groups is 2. The number of nitro groups is 1. The predicted molar refractivity (Wildman–Crippen MR) is 130 cm³/mol. The van der Waals surface area contributed by atoms with Gasteiger partial charge in [0, 0.05) is 49.1 Å². The molecule has 0 saturated carbocycles. The van der Waals surface area contributed by atoms with Gasteiger partial charge < -0.3 is 15.3 Å². The number of sulfonamides is 1. The van der Waals surface area contributed by atoms with Crippen LogP contribution in [-0.4, -0.2) is 57.0 Å². The van der Waals surface area contributed by atoms with Crippen molar-refractivity contribution in [2.45, 2.75) is 17.4 Å². The topological polar surface area (TPSA) is 159 Å². The minimum Gasteiger partial charge on any atom is -0.480 e. The van der Waals surface area contributed by atoms with E-state index in [2.05, 4.69) is 10.0 Å². The molecular weight excluding hydrogens is 476 g/mol. The number of carboxylic acids is 1. The van der Waals surface area contributed by atoms with Crippen molar-refractivity contribution in [3.63, 3.8) is 0 Å². The lowest BCUT2D eigenvalue weighted by Gasteiger charge is -2.17. The molecule has 0 saturated heterocycles. The summed E-state index contributed by atoms with van der Waals surface area (Å²) in [6.45, 7) is -0.671. The first-order valence-corrected chi connectivity index (χ1v) is 11.9. The van der Waals surface area contributed by atoms with Crippen molar-refractivity contribution in [3.8, 4) is 0 Å². The number of amides is 1. The average Bonchev–Trinajstić information content (AvgIpc) is 2.81. The monoisotopic (exact) mass is 500 g/mol. The van der Waals surface area contributed by atoms with Gasteiger partial charge in [0.25, 0.3) is 5.69 Å². The van der Waals surface area contributed by atoms with Crippen LogP contribution < -0.4 is 14.9 Å². The third kappa shape index (κ3) is 6.11. The zero-order valence-corrected chi connectivity index (χ0v) is 19.8. The van der Waals surface area contributed by atoms with Crippen LogP contribution in [0.25, 0.3) is 10.8 Å². The molecule has 12 heteroatoms. The van der Waals surface area contributed by atoms with Gasteiger partial charge in [0.2, 0.25) is 15.9 Å². The van der Waals surface area contributed by atoms with Crippen molar-refractivity contribution in [1.29, 1.82) is 0 Å². The van der Waals surface area contributed by atoms with Gasteiger partial charge in [0.15, 0.2) is 0 Å². The third-order valence-corrected chi connectivity index (χ3v) is 6.73. The molecule has 11 nitrogen and oxygen atoms in total. The molecule has 0 aromatic heterocycles. The maximum absolute atomic E-state index is 13.0. The summed E-state index contributed by atoms with van der Waals surface area (Å²) in [7, 11) is -0.410. The molecule has 3 aromatic rings. The van der Waals surface area contributed by atoms with Gasteiger partial charge in [-0.25, -0.2) is 17.9 Å². The molecule has 0 aliphatic rings. The zero-order valence-electron chi connectivity index (χ0n) is 19.0. The fourth-order valence-corrected chi connectivity index (χ4v) is 4.76. The summed E-state index contributed by atoms with van der Waals surface area (Å²) in [5, 5.41) is 23.7. The molecule has 1 atom stereocenters. The normalized spacial score (nSPS) is 12.2. The summed E-state index contributed by atoms with van der Waals surface area (Å²) in [6, 6.07) is 14.0. The first-order valence-electron chi connectivity index (χ1n) is 10.4.